The number of benzene rings is 4. The van der Waals surface area contributed by atoms with E-state index in [4.69, 9.17) is 89.8 Å². The molecule has 0 saturated heterocycles. The highest BCUT2D eigenvalue weighted by Crippen LogP contribution is 2.30. The number of nitrogens with zero attached hydrogens (tertiary/aromatic N) is 2. The minimum atomic E-state index is -0.870. The van der Waals surface area contributed by atoms with Crippen LogP contribution in [0.4, 0.5) is 22.7 Å². The second-order valence-electron chi connectivity index (χ2n) is 21.0. The van der Waals surface area contributed by atoms with Crippen molar-refractivity contribution < 1.29 is 57.7 Å². The van der Waals surface area contributed by atoms with E-state index in [0.717, 1.165) is 90.3 Å². The number of esters is 3. The Morgan fingerprint density at radius 1 is 0.521 bits per heavy atom. The van der Waals surface area contributed by atoms with Gasteiger partial charge in [0.25, 0.3) is 22.2 Å². The summed E-state index contributed by atoms with van der Waals surface area (Å²) in [4.78, 5) is 89.1. The number of hydrogen-bond acceptors (Lipinski definition) is 19. The number of ether oxygens (including phenoxy) is 3. The molecule has 4 aromatic rings. The molecule has 4 aromatic carbocycles. The highest BCUT2D eigenvalue weighted by atomic mass is 127. The van der Waals surface area contributed by atoms with Crippen molar-refractivity contribution in [3.05, 3.63) is 113 Å². The molecule has 0 heterocycles. The Morgan fingerprint density at radius 2 is 0.840 bits per heavy atom. The van der Waals surface area contributed by atoms with Gasteiger partial charge in [-0.05, 0) is 183 Å². The van der Waals surface area contributed by atoms with Crippen molar-refractivity contribution in [1.29, 1.82) is 0 Å². The summed E-state index contributed by atoms with van der Waals surface area (Å²) < 4.78 is 15.9. The molecule has 30 heteroatoms. The maximum absolute atomic E-state index is 11.7. The fraction of sp³-hybridized carbons (Fsp3) is 0.500. The monoisotopic (exact) mass is 1630 g/mol. The van der Waals surface area contributed by atoms with Crippen molar-refractivity contribution in [2.45, 2.75) is 125 Å². The summed E-state index contributed by atoms with van der Waals surface area (Å²) in [5.41, 5.74) is 33.8. The third-order valence-electron chi connectivity index (χ3n) is 14.4. The van der Waals surface area contributed by atoms with E-state index in [2.05, 4.69) is 112 Å². The molecule has 4 rings (SSSR count). The summed E-state index contributed by atoms with van der Waals surface area (Å²) in [6.07, 6.45) is 4.98. The summed E-state index contributed by atoms with van der Waals surface area (Å²) in [5.74, 6) is 0.408. The highest BCUT2D eigenvalue weighted by Gasteiger charge is 2.22. The average Bonchev–Trinajstić information content (AvgIpc) is 0.893. The number of nitrogens with two attached hydrogens (primary N) is 3. The zero-order valence-corrected chi connectivity index (χ0v) is 63.8. The summed E-state index contributed by atoms with van der Waals surface area (Å²) >= 11 is 32.9. The molecule has 0 aliphatic heterocycles. The predicted molar refractivity (Wildman–Crippen MR) is 408 cm³/mol. The van der Waals surface area contributed by atoms with Crippen LogP contribution in [0.15, 0.2) is 48.5 Å². The predicted octanol–water partition coefficient (Wildman–Crippen LogP) is 8.82. The van der Waals surface area contributed by atoms with E-state index in [-0.39, 0.29) is 73.6 Å². The molecule has 0 spiro atoms. The average molecular weight is 1630 g/mol. The fourth-order valence-corrected chi connectivity index (χ4v) is 11.1. The number of anilines is 4. The lowest BCUT2D eigenvalue weighted by molar-refractivity contribution is -0.142. The first-order valence-electron chi connectivity index (χ1n) is 29.8. The molecule has 0 aromatic heterocycles. The first-order valence-corrected chi connectivity index (χ1v) is 35.0. The first-order chi connectivity index (χ1) is 44.6. The lowest BCUT2D eigenvalue weighted by Gasteiger charge is -2.28. The van der Waals surface area contributed by atoms with Gasteiger partial charge in [-0.15, -0.1) is 58.0 Å². The number of nitrogens with one attached hydrogen (secondary N) is 3. The normalized spacial score (nSPS) is 11.4. The lowest BCUT2D eigenvalue weighted by atomic mass is 9.89. The van der Waals surface area contributed by atoms with E-state index in [1.165, 1.54) is 58.3 Å². The molecular formula is C64H93B3Cl5I2N8O12. The number of aryl methyl sites for hydroxylation is 4. The van der Waals surface area contributed by atoms with Gasteiger partial charge < -0.3 is 81.2 Å². The third kappa shape index (κ3) is 37.4. The standard InChI is InChI=1S/C18H26BCl2N2O3.C16H24Cl2N2O2.C14H20BN2O3.C8H10IN.C6H10BINO3.C2H3ClO/c1-13-4-5-17(23(8-6-20)9-7-21)14(2)16(13)10-15(22-19-12-24)11-18(25)26-3;1-11-3-4-15(20(7-5-17)8-6-18)12(2)14(11)9-13(19)10-16(21)22;1-9-4-5-13(16)10(2)12(9)6-11(17-15-8-18)7-14(19)20-3;1-5-3-4-7(10)6(2)8(5)9;1-12-6(11)2-5(3-8)9-7-4-10;3-1-2-4/h4-5,12,15,22H,6-11H2,1-3H3;3-4,13H,5-10,19H2,1-2H3,(H,21,22);4-5,8,11,17H,6-7,16H2,1-3H3;3-4H,10H2,1-2H3;4-5,9H,2-3H2,1H3;2H,1H2/t15-;13-;11-;;5-;/m000.1./s1. The molecule has 10 N–H and O–H groups in total. The van der Waals surface area contributed by atoms with Crippen LogP contribution in [0.3, 0.4) is 0 Å². The van der Waals surface area contributed by atoms with Gasteiger partial charge >= 0.3 is 23.9 Å². The van der Waals surface area contributed by atoms with Crippen LogP contribution in [-0.2, 0) is 71.8 Å². The zero-order valence-electron chi connectivity index (χ0n) is 55.7. The van der Waals surface area contributed by atoms with Gasteiger partial charge in [-0.25, -0.2) is 0 Å². The van der Waals surface area contributed by atoms with E-state index < -0.39 is 5.97 Å². The van der Waals surface area contributed by atoms with Crippen LogP contribution in [0.1, 0.15) is 86.9 Å². The Morgan fingerprint density at radius 3 is 1.16 bits per heavy atom. The number of halogens is 7. The summed E-state index contributed by atoms with van der Waals surface area (Å²) in [5, 5.41) is 17.6. The van der Waals surface area contributed by atoms with Gasteiger partial charge in [0.15, 0.2) is 0 Å². The molecule has 0 aliphatic rings. The molecule has 0 fully saturated rings. The smallest absolute Gasteiger partial charge is 0.307 e. The van der Waals surface area contributed by atoms with Gasteiger partial charge in [-0.2, -0.15) is 0 Å². The molecule has 3 radical (unpaired) electrons. The Balaban J connectivity index is 0. The Bertz CT molecular complexity index is 2900. The van der Waals surface area contributed by atoms with Crippen molar-refractivity contribution in [3.63, 3.8) is 0 Å². The number of aliphatic carboxylic acids is 1. The first kappa shape index (κ1) is 91.6. The van der Waals surface area contributed by atoms with Gasteiger partial charge in [0.1, 0.15) is 6.29 Å². The van der Waals surface area contributed by atoms with Gasteiger partial charge in [0.2, 0.25) is 0 Å². The number of carbonyl (C=O) groups is 8. The Hall–Kier alpha value is -4.42. The van der Waals surface area contributed by atoms with E-state index in [9.17, 15) is 33.6 Å². The molecule has 0 saturated carbocycles. The van der Waals surface area contributed by atoms with Gasteiger partial charge in [-0.1, -0.05) is 46.9 Å². The van der Waals surface area contributed by atoms with Crippen LogP contribution in [0, 0.1) is 59.0 Å². The van der Waals surface area contributed by atoms with Crippen LogP contribution < -0.4 is 42.7 Å². The van der Waals surface area contributed by atoms with Gasteiger partial charge in [-0.3, -0.25) is 19.2 Å². The molecule has 0 bridgehead atoms. The number of nitrogen functional groups attached to an aromatic ring is 2. The molecule has 20 nitrogen and oxygen atoms in total. The lowest BCUT2D eigenvalue weighted by Crippen LogP contribution is -2.37. The fourth-order valence-electron chi connectivity index (χ4n) is 9.22. The van der Waals surface area contributed by atoms with Crippen molar-refractivity contribution >= 4 is 197 Å². The Labute approximate surface area is 611 Å². The third-order valence-corrected chi connectivity index (χ3v) is 17.9. The number of carboxylic acid groups (broad SMARTS) is 1. The van der Waals surface area contributed by atoms with Crippen molar-refractivity contribution in [2.75, 3.05) is 103 Å². The molecule has 94 heavy (non-hydrogen) atoms. The van der Waals surface area contributed by atoms with Crippen molar-refractivity contribution in [3.8, 4) is 0 Å². The number of carbonyl (C=O) groups excluding carboxylic acids is 7. The summed E-state index contributed by atoms with van der Waals surface area (Å²) in [7, 11) is 7.94. The molecule has 0 unspecified atom stereocenters. The molecular weight excluding hydrogens is 1540 g/mol. The van der Waals surface area contributed by atoms with Gasteiger partial charge in [0.05, 0.1) is 71.4 Å². The number of methoxy groups -OCH3 is 3. The molecule has 0 amide bonds. The number of hydrogen-bond donors (Lipinski definition) is 7. The van der Waals surface area contributed by atoms with E-state index in [0.29, 0.717) is 80.7 Å². The van der Waals surface area contributed by atoms with E-state index >= 15 is 0 Å². The second kappa shape index (κ2) is 54.6. The highest BCUT2D eigenvalue weighted by molar-refractivity contribution is 14.1. The van der Waals surface area contributed by atoms with E-state index in [1.54, 1.807) is 0 Å². The molecule has 0 aliphatic carbocycles. The number of alkyl halides is 6. The second-order valence-corrected chi connectivity index (χ2v) is 24.8. The van der Waals surface area contributed by atoms with E-state index in [1.807, 2.05) is 71.9 Å². The summed E-state index contributed by atoms with van der Waals surface area (Å²) in [6.45, 7) is 19.1. The minimum Gasteiger partial charge on any atom is -0.481 e. The minimum absolute atomic E-state index is 0.0248. The zero-order chi connectivity index (χ0) is 71.9. The SMILES string of the molecule is COC(=O)C[C@H](CI)N[B]C=O.COC(=O)C[C@H](Cc1c(C)ccc(N(CCCl)CCCl)c1C)N[B]C=O.COC(=O)C[C@H](Cc1c(C)ccc(N)c1C)N[B]C=O.Cc1ccc(N(CCCl)CCCl)c(C)c1C[C@H](N)CC(=O)O.Cc1ccc(N)c(C)c1I.O=CCCl. The maximum atomic E-state index is 11.7. The van der Waals surface area contributed by atoms with Crippen molar-refractivity contribution in [2.24, 2.45) is 5.73 Å². The molecule has 4 atom stereocenters. The topological polar surface area (TPSA) is 305 Å². The quantitative estimate of drug-likeness (QED) is 0.00430. The van der Waals surface area contributed by atoms with Crippen LogP contribution in [-0.4, -0.2) is 182 Å². The molecule has 519 valence electrons. The van der Waals surface area contributed by atoms with Crippen LogP contribution >= 0.6 is 103 Å². The Kier molecular flexibility index (Phi) is 53.2. The van der Waals surface area contributed by atoms with Crippen LogP contribution in [0.25, 0.3) is 0 Å². The number of rotatable bonds is 35. The van der Waals surface area contributed by atoms with Crippen LogP contribution in [0.5, 0.6) is 0 Å². The van der Waals surface area contributed by atoms with Gasteiger partial charge in [0, 0.05) is 105 Å². The summed E-state index contributed by atoms with van der Waals surface area (Å²) in [6, 6.07) is 15.2. The van der Waals surface area contributed by atoms with Crippen molar-refractivity contribution in [1.82, 2.24) is 15.7 Å². The largest absolute Gasteiger partial charge is 0.481 e. The number of carboxylic acids is 1. The van der Waals surface area contributed by atoms with Crippen LogP contribution in [0.2, 0.25) is 0 Å². The number of aldehydes is 1. The maximum Gasteiger partial charge on any atom is 0.307 e.